The average Bonchev–Trinajstić information content (AvgIpc) is 0.813. The highest BCUT2D eigenvalue weighted by Gasteiger charge is 2.30. The zero-order valence-electron chi connectivity index (χ0n) is 62.1. The number of ether oxygens (including phenoxy) is 2. The molecule has 4 saturated carbocycles. The van der Waals surface area contributed by atoms with Crippen molar-refractivity contribution in [3.05, 3.63) is 226 Å². The van der Waals surface area contributed by atoms with Gasteiger partial charge in [-0.15, -0.1) is 0 Å². The first kappa shape index (κ1) is 78.9. The maximum atomic E-state index is 14.8. The second kappa shape index (κ2) is 39.6. The van der Waals surface area contributed by atoms with E-state index in [0.717, 1.165) is 99.0 Å². The van der Waals surface area contributed by atoms with E-state index < -0.39 is 46.5 Å². The van der Waals surface area contributed by atoms with E-state index in [0.29, 0.717) is 58.4 Å². The smallest absolute Gasteiger partial charge is 0.201 e. The molecule has 0 bridgehead atoms. The van der Waals surface area contributed by atoms with E-state index in [2.05, 4.69) is 65.8 Å². The minimum absolute atomic E-state index is 0.0331. The lowest BCUT2D eigenvalue weighted by atomic mass is 9.76. The third kappa shape index (κ3) is 20.6. The molecule has 0 aromatic heterocycles. The number of halogens is 8. The van der Waals surface area contributed by atoms with Crippen LogP contribution in [0, 0.1) is 70.2 Å². The van der Waals surface area contributed by atoms with Crippen LogP contribution in [-0.4, -0.2) is 13.2 Å². The lowest BCUT2D eigenvalue weighted by molar-refractivity contribution is 0.299. The fraction of sp³-hybridized carbons (Fsp3) is 0.478. The molecule has 0 saturated heterocycles. The third-order valence-electron chi connectivity index (χ3n) is 22.9. The van der Waals surface area contributed by atoms with Gasteiger partial charge in [-0.2, -0.15) is 8.78 Å². The van der Waals surface area contributed by atoms with Gasteiger partial charge in [-0.25, -0.2) is 26.3 Å². The molecule has 4 fully saturated rings. The zero-order valence-corrected chi connectivity index (χ0v) is 62.1. The van der Waals surface area contributed by atoms with Crippen LogP contribution in [0.1, 0.15) is 267 Å². The Balaban J connectivity index is 0.000000158. The van der Waals surface area contributed by atoms with Gasteiger partial charge in [0.25, 0.3) is 0 Å². The molecule has 12 rings (SSSR count). The van der Waals surface area contributed by atoms with Crippen LogP contribution in [0.4, 0.5) is 35.1 Å². The molecule has 548 valence electrons. The molecule has 4 aliphatic carbocycles. The van der Waals surface area contributed by atoms with E-state index in [1.807, 2.05) is 84.9 Å². The third-order valence-corrected chi connectivity index (χ3v) is 22.9. The van der Waals surface area contributed by atoms with E-state index in [1.165, 1.54) is 137 Å². The van der Waals surface area contributed by atoms with Crippen molar-refractivity contribution in [3.8, 4) is 56.0 Å². The molecule has 0 unspecified atom stereocenters. The Hall–Kier alpha value is -7.20. The Morgan fingerprint density at radius 3 is 0.873 bits per heavy atom. The summed E-state index contributed by atoms with van der Waals surface area (Å²) in [6.45, 7) is 17.2. The van der Waals surface area contributed by atoms with Crippen molar-refractivity contribution in [3.63, 3.8) is 0 Å². The lowest BCUT2D eigenvalue weighted by Gasteiger charge is -2.29. The molecule has 2 nitrogen and oxygen atoms in total. The van der Waals surface area contributed by atoms with Gasteiger partial charge in [0.1, 0.15) is 0 Å². The number of rotatable bonds is 22. The zero-order chi connectivity index (χ0) is 72.7. The van der Waals surface area contributed by atoms with Crippen LogP contribution in [0.2, 0.25) is 0 Å². The molecule has 0 amide bonds. The molecule has 0 atom stereocenters. The fourth-order valence-electron chi connectivity index (χ4n) is 16.5. The number of aryl methyl sites for hydroxylation is 2. The molecular weight excluding hydrogens is 1290 g/mol. The van der Waals surface area contributed by atoms with Gasteiger partial charge in [0.2, 0.25) is 11.6 Å². The summed E-state index contributed by atoms with van der Waals surface area (Å²) in [7, 11) is 0. The molecule has 4 aliphatic rings. The topological polar surface area (TPSA) is 18.5 Å². The van der Waals surface area contributed by atoms with Gasteiger partial charge >= 0.3 is 0 Å². The predicted molar refractivity (Wildman–Crippen MR) is 407 cm³/mol. The number of hydrogen-bond donors (Lipinski definition) is 0. The van der Waals surface area contributed by atoms with Crippen LogP contribution in [0.15, 0.2) is 146 Å². The highest BCUT2D eigenvalue weighted by Crippen LogP contribution is 2.45. The Labute approximate surface area is 605 Å². The van der Waals surface area contributed by atoms with Crippen LogP contribution in [0.3, 0.4) is 0 Å². The number of hydrogen-bond acceptors (Lipinski definition) is 2. The molecule has 8 aromatic carbocycles. The molecule has 0 radical (unpaired) electrons. The second-order valence-corrected chi connectivity index (χ2v) is 29.3. The van der Waals surface area contributed by atoms with E-state index in [-0.39, 0.29) is 34.5 Å². The van der Waals surface area contributed by atoms with Crippen LogP contribution in [0.25, 0.3) is 44.5 Å². The largest absolute Gasteiger partial charge is 0.491 e. The van der Waals surface area contributed by atoms with Crippen molar-refractivity contribution >= 4 is 0 Å². The van der Waals surface area contributed by atoms with Gasteiger partial charge in [0.15, 0.2) is 46.4 Å². The molecule has 8 aromatic rings. The monoisotopic (exact) mass is 1400 g/mol. The summed E-state index contributed by atoms with van der Waals surface area (Å²) in [6.07, 6.45) is 30.6. The molecule has 10 heteroatoms. The highest BCUT2D eigenvalue weighted by atomic mass is 19.2. The molecule has 0 N–H and O–H groups in total. The van der Waals surface area contributed by atoms with E-state index in [1.54, 1.807) is 38.1 Å². The Bertz CT molecular complexity index is 3830. The minimum Gasteiger partial charge on any atom is -0.491 e. The summed E-state index contributed by atoms with van der Waals surface area (Å²) in [5.74, 6) is -1.44. The summed E-state index contributed by atoms with van der Waals surface area (Å²) in [5, 5.41) is 0. The molecule has 0 heterocycles. The van der Waals surface area contributed by atoms with Crippen LogP contribution >= 0.6 is 0 Å². The molecular formula is C92H112F8O2. The SMILES string of the molecule is CCCC1CCC(c2ccc(-c3ccc(CC)cc3)c(F)c2F)CC1.CCCC1CCC(c2ccc(-c3ccc(OCC)c(F)c3F)cc2)CC1.CCCCC1CCC(c2ccc(-c3ccc(CC)cc3)c(F)c2F)CC1.CCOc1ccc(-c2ccc(C3CCC(CC)CC3)cc2)c(F)c1F. The Kier molecular flexibility index (Phi) is 30.7. The quantitative estimate of drug-likeness (QED) is 0.0630. The maximum absolute atomic E-state index is 14.8. The lowest BCUT2D eigenvalue weighted by Crippen LogP contribution is -2.15. The highest BCUT2D eigenvalue weighted by molar-refractivity contribution is 5.69. The summed E-state index contributed by atoms with van der Waals surface area (Å²) in [4.78, 5) is 0. The second-order valence-electron chi connectivity index (χ2n) is 29.3. The summed E-state index contributed by atoms with van der Waals surface area (Å²) >= 11 is 0. The van der Waals surface area contributed by atoms with Crippen molar-refractivity contribution in [1.29, 1.82) is 0 Å². The van der Waals surface area contributed by atoms with Gasteiger partial charge in [0, 0.05) is 22.3 Å². The van der Waals surface area contributed by atoms with Crippen molar-refractivity contribution in [2.24, 2.45) is 23.7 Å². The van der Waals surface area contributed by atoms with Crippen molar-refractivity contribution in [1.82, 2.24) is 0 Å². The molecule has 102 heavy (non-hydrogen) atoms. The van der Waals surface area contributed by atoms with Gasteiger partial charge in [-0.1, -0.05) is 214 Å². The normalized spacial score (nSPS) is 20.4. The summed E-state index contributed by atoms with van der Waals surface area (Å²) < 4.78 is 126. The first-order chi connectivity index (χ1) is 49.5. The van der Waals surface area contributed by atoms with Gasteiger partial charge in [0.05, 0.1) is 13.2 Å². The van der Waals surface area contributed by atoms with E-state index in [9.17, 15) is 35.1 Å². The van der Waals surface area contributed by atoms with Crippen LogP contribution in [-0.2, 0) is 12.8 Å². The molecule has 0 aliphatic heterocycles. The first-order valence-electron chi connectivity index (χ1n) is 39.1. The van der Waals surface area contributed by atoms with E-state index >= 15 is 0 Å². The summed E-state index contributed by atoms with van der Waals surface area (Å²) in [5.41, 5.74) is 10.3. The standard InChI is InChI=1S/C24H30F2.C23H28F2O.C23H28F2.C22H26F2O/c1-3-5-6-18-9-13-20(14-10-18)22-16-15-21(23(25)24(22)26)19-11-7-17(4-2)8-12-19;1-3-5-16-6-8-17(9-7-16)18-10-12-19(13-11-18)20-14-15-21(26-4-2)23(25)22(20)24;1-3-5-17-8-12-19(13-9-17)21-15-14-20(22(24)23(21)25)18-10-6-16(4-2)7-11-18;1-3-15-5-7-16(8-6-15)17-9-11-18(12-10-17)19-13-14-20(25-4-2)22(24)21(19)23/h7-8,11-12,15-16,18,20H,3-6,9-10,13-14H2,1-2H3;10-17H,3-9H2,1-2H3;6-7,10-11,14-15,17,19H,3-5,8-9,12-13H2,1-2H3;9-16H,3-8H2,1-2H3. The fourth-order valence-corrected chi connectivity index (χ4v) is 16.5. The Morgan fingerprint density at radius 1 is 0.275 bits per heavy atom. The average molecular weight is 1400 g/mol. The van der Waals surface area contributed by atoms with Crippen molar-refractivity contribution in [2.45, 2.75) is 246 Å². The Morgan fingerprint density at radius 2 is 0.569 bits per heavy atom. The minimum atomic E-state index is -0.915. The first-order valence-corrected chi connectivity index (χ1v) is 39.1. The number of unbranched alkanes of at least 4 members (excludes halogenated alkanes) is 1. The van der Waals surface area contributed by atoms with Crippen molar-refractivity contribution < 1.29 is 44.6 Å². The predicted octanol–water partition coefficient (Wildman–Crippen LogP) is 28.7. The number of benzene rings is 8. The van der Waals surface area contributed by atoms with Gasteiger partial charge < -0.3 is 9.47 Å². The van der Waals surface area contributed by atoms with E-state index in [4.69, 9.17) is 9.47 Å². The van der Waals surface area contributed by atoms with Crippen molar-refractivity contribution in [2.75, 3.05) is 13.2 Å². The van der Waals surface area contributed by atoms with Crippen LogP contribution in [0.5, 0.6) is 11.5 Å². The van der Waals surface area contributed by atoms with Crippen LogP contribution < -0.4 is 9.47 Å². The van der Waals surface area contributed by atoms with Gasteiger partial charge in [-0.3, -0.25) is 0 Å². The maximum Gasteiger partial charge on any atom is 0.201 e. The van der Waals surface area contributed by atoms with Gasteiger partial charge in [-0.05, 0) is 257 Å². The summed E-state index contributed by atoms with van der Waals surface area (Å²) in [6, 6.07) is 44.7. The molecule has 0 spiro atoms.